The molecule has 30 nitrogen and oxygen atoms in total. The van der Waals surface area contributed by atoms with Gasteiger partial charge in [0.05, 0.1) is 25.3 Å². The Morgan fingerprint density at radius 3 is 1.23 bits per heavy atom. The lowest BCUT2D eigenvalue weighted by Gasteiger charge is -2.28. The van der Waals surface area contributed by atoms with Gasteiger partial charge in [-0.2, -0.15) is 0 Å². The highest BCUT2D eigenvalue weighted by molar-refractivity contribution is 6.00. The van der Waals surface area contributed by atoms with Crippen molar-refractivity contribution < 1.29 is 78.0 Å². The minimum atomic E-state index is -1.89. The molecular formula is C56H76N14O16. The first-order valence-corrected chi connectivity index (χ1v) is 27.5. The Kier molecular flexibility index (Phi) is 27.4. The number of nitrogens with two attached hydrogens (primary N) is 5. The SMILES string of the molecule is C[C@H](N)C(=O)N[C@@H](CC(=O)O)C(=O)N[C@@H](Cc1ccc(O)cc1)C(=O)N[C@@H](Cc1ccc(O)cc1)C(=O)N[C@@H](Cc1c[nH]c2ccccc12)C(=O)N[C@@H](CC(N)=O)C(=O)N[C@@H](CCCCN)C(=O)N[C@@H](CC(N)=O)C(=O)N[C@@H](CCCCN)C(=O)O. The number of carboxylic acids is 2. The van der Waals surface area contributed by atoms with Gasteiger partial charge in [0, 0.05) is 36.4 Å². The summed E-state index contributed by atoms with van der Waals surface area (Å²) >= 11 is 0. The minimum Gasteiger partial charge on any atom is -0.508 e. The maximum atomic E-state index is 14.9. The van der Waals surface area contributed by atoms with Crippen LogP contribution < -0.4 is 71.2 Å². The number of aromatic amines is 1. The van der Waals surface area contributed by atoms with Gasteiger partial charge in [-0.05, 0) is 106 Å². The van der Waals surface area contributed by atoms with E-state index in [1.807, 2.05) is 0 Å². The number of phenolic OH excluding ortho intramolecular Hbond substituents is 2. The number of carbonyl (C=O) groups excluding carboxylic acids is 10. The second-order valence-electron chi connectivity index (χ2n) is 20.4. The Morgan fingerprint density at radius 1 is 0.453 bits per heavy atom. The Balaban J connectivity index is 1.73. The lowest BCUT2D eigenvalue weighted by molar-refractivity contribution is -0.143. The van der Waals surface area contributed by atoms with Crippen LogP contribution in [0, 0.1) is 0 Å². The van der Waals surface area contributed by atoms with Crippen LogP contribution in [-0.2, 0) is 76.8 Å². The van der Waals surface area contributed by atoms with Crippen LogP contribution in [0.4, 0.5) is 0 Å². The van der Waals surface area contributed by atoms with E-state index in [1.54, 1.807) is 30.5 Å². The average Bonchev–Trinajstić information content (AvgIpc) is 2.54. The summed E-state index contributed by atoms with van der Waals surface area (Å²) in [6, 6.07) is 3.15. The number of nitrogens with one attached hydrogen (secondary N) is 9. The number of primary amides is 2. The number of aromatic nitrogens is 1. The summed E-state index contributed by atoms with van der Waals surface area (Å²) < 4.78 is 0. The van der Waals surface area contributed by atoms with E-state index in [4.69, 9.17) is 28.7 Å². The van der Waals surface area contributed by atoms with E-state index in [1.165, 1.54) is 55.5 Å². The number of fused-ring (bicyclic) bond motifs is 1. The van der Waals surface area contributed by atoms with Crippen molar-refractivity contribution in [3.63, 3.8) is 0 Å². The first-order valence-electron chi connectivity index (χ1n) is 27.5. The third kappa shape index (κ3) is 22.8. The van der Waals surface area contributed by atoms with Crippen molar-refractivity contribution in [2.45, 2.75) is 138 Å². The third-order valence-electron chi connectivity index (χ3n) is 13.4. The smallest absolute Gasteiger partial charge is 0.326 e. The molecule has 0 aliphatic rings. The number of hydrogen-bond donors (Lipinski definition) is 18. The molecule has 0 saturated heterocycles. The fourth-order valence-corrected chi connectivity index (χ4v) is 8.81. The highest BCUT2D eigenvalue weighted by Gasteiger charge is 2.37. The predicted molar refractivity (Wildman–Crippen MR) is 308 cm³/mol. The fourth-order valence-electron chi connectivity index (χ4n) is 8.81. The molecule has 23 N–H and O–H groups in total. The van der Waals surface area contributed by atoms with Crippen LogP contribution in [0.25, 0.3) is 10.9 Å². The molecule has 10 amide bonds. The van der Waals surface area contributed by atoms with Crippen LogP contribution in [0.2, 0.25) is 0 Å². The van der Waals surface area contributed by atoms with Crippen molar-refractivity contribution in [1.29, 1.82) is 0 Å². The van der Waals surface area contributed by atoms with E-state index in [0.717, 1.165) is 0 Å². The van der Waals surface area contributed by atoms with Gasteiger partial charge in [0.1, 0.15) is 59.8 Å². The molecule has 0 saturated carbocycles. The van der Waals surface area contributed by atoms with E-state index < -0.39 is 145 Å². The van der Waals surface area contributed by atoms with Crippen molar-refractivity contribution >= 4 is 81.9 Å². The second kappa shape index (κ2) is 34.2. The Labute approximate surface area is 493 Å². The largest absolute Gasteiger partial charge is 0.508 e. The number of benzene rings is 3. The molecule has 0 spiro atoms. The first kappa shape index (κ1) is 68.8. The molecule has 0 fully saturated rings. The van der Waals surface area contributed by atoms with Gasteiger partial charge in [0.15, 0.2) is 0 Å². The number of phenols is 2. The van der Waals surface area contributed by atoms with E-state index in [0.29, 0.717) is 46.9 Å². The number of hydrogen-bond acceptors (Lipinski definition) is 17. The molecule has 3 aromatic carbocycles. The van der Waals surface area contributed by atoms with Crippen molar-refractivity contribution in [2.24, 2.45) is 28.7 Å². The summed E-state index contributed by atoms with van der Waals surface area (Å²) in [7, 11) is 0. The number of aliphatic carboxylic acids is 2. The Hall–Kier alpha value is -9.68. The minimum absolute atomic E-state index is 0.0487. The van der Waals surface area contributed by atoms with Crippen LogP contribution in [0.1, 0.15) is 81.4 Å². The molecule has 0 radical (unpaired) electrons. The second-order valence-corrected chi connectivity index (χ2v) is 20.4. The number of para-hydroxylation sites is 1. The quantitative estimate of drug-likeness (QED) is 0.0194. The van der Waals surface area contributed by atoms with E-state index in [-0.39, 0.29) is 63.1 Å². The number of H-pyrrole nitrogens is 1. The lowest BCUT2D eigenvalue weighted by atomic mass is 10.00. The summed E-state index contributed by atoms with van der Waals surface area (Å²) in [4.78, 5) is 164. The molecule has 30 heteroatoms. The summed E-state index contributed by atoms with van der Waals surface area (Å²) in [5.74, 6) is -14.0. The van der Waals surface area contributed by atoms with Crippen LogP contribution in [0.5, 0.6) is 11.5 Å². The van der Waals surface area contributed by atoms with Gasteiger partial charge in [0.25, 0.3) is 0 Å². The van der Waals surface area contributed by atoms with E-state index >= 15 is 0 Å². The summed E-state index contributed by atoms with van der Waals surface area (Å²) in [5.41, 5.74) is 29.7. The standard InChI is InChI=1S/C56H76N14O16/c1-29(59)48(77)65-44(27-47(75)76)55(84)67-39(22-30-12-16-33(71)17-13-30)50(79)66-40(23-31-14-18-34(72)19-15-31)51(80)68-41(24-32-28-62-36-9-3-2-8-35(32)36)52(81)70-42(25-45(60)73)53(82)63-37(10-4-6-20-57)49(78)69-43(26-46(61)74)54(83)64-38(56(85)86)11-5-7-21-58/h2-3,8-9,12-19,28-29,37-44,62,71-72H,4-7,10-11,20-27,57-59H2,1H3,(H2,60,73)(H2,61,74)(H,63,82)(H,64,83)(H,65,77)(H,66,79)(H,67,84)(H,68,80)(H,69,78)(H,70,81)(H,75,76)(H,85,86)/t29-,37-,38-,39-,40-,41-,42-,43-,44-/m0/s1. The summed E-state index contributed by atoms with van der Waals surface area (Å²) in [6.45, 7) is 1.67. The molecule has 4 aromatic rings. The van der Waals surface area contributed by atoms with Crippen LogP contribution in [0.3, 0.4) is 0 Å². The topological polar surface area (TPSA) is 528 Å². The zero-order valence-corrected chi connectivity index (χ0v) is 47.2. The van der Waals surface area contributed by atoms with Crippen molar-refractivity contribution in [3.8, 4) is 11.5 Å². The van der Waals surface area contributed by atoms with Gasteiger partial charge in [0.2, 0.25) is 59.1 Å². The molecular weight excluding hydrogens is 1120 g/mol. The van der Waals surface area contributed by atoms with Crippen LogP contribution in [0.15, 0.2) is 79.0 Å². The van der Waals surface area contributed by atoms with Gasteiger partial charge < -0.3 is 96.6 Å². The number of rotatable bonds is 37. The molecule has 1 heterocycles. The van der Waals surface area contributed by atoms with Crippen molar-refractivity contribution in [2.75, 3.05) is 13.1 Å². The zero-order chi connectivity index (χ0) is 63.6. The van der Waals surface area contributed by atoms with Gasteiger partial charge in [-0.15, -0.1) is 0 Å². The fraction of sp³-hybridized carbons (Fsp3) is 0.429. The summed E-state index contributed by atoms with van der Waals surface area (Å²) in [6.07, 6.45) is -1.13. The maximum absolute atomic E-state index is 14.9. The average molecular weight is 1200 g/mol. The van der Waals surface area contributed by atoms with Gasteiger partial charge in [-0.1, -0.05) is 42.5 Å². The van der Waals surface area contributed by atoms with Gasteiger partial charge >= 0.3 is 11.9 Å². The highest BCUT2D eigenvalue weighted by atomic mass is 16.4. The molecule has 0 aliphatic heterocycles. The number of unbranched alkanes of at least 4 members (excludes halogenated alkanes) is 2. The third-order valence-corrected chi connectivity index (χ3v) is 13.4. The maximum Gasteiger partial charge on any atom is 0.326 e. The lowest BCUT2D eigenvalue weighted by Crippen LogP contribution is -2.61. The molecule has 4 rings (SSSR count). The van der Waals surface area contributed by atoms with E-state index in [2.05, 4.69) is 47.5 Å². The Bertz CT molecular complexity index is 3030. The zero-order valence-electron chi connectivity index (χ0n) is 47.2. The van der Waals surface area contributed by atoms with Crippen LogP contribution in [-0.4, -0.2) is 164 Å². The van der Waals surface area contributed by atoms with Crippen molar-refractivity contribution in [1.82, 2.24) is 47.5 Å². The van der Waals surface area contributed by atoms with Gasteiger partial charge in [-0.3, -0.25) is 52.7 Å². The number of carboxylic acid groups (broad SMARTS) is 2. The number of aromatic hydroxyl groups is 2. The number of carbonyl (C=O) groups is 12. The highest BCUT2D eigenvalue weighted by Crippen LogP contribution is 2.21. The molecule has 0 bridgehead atoms. The van der Waals surface area contributed by atoms with E-state index in [9.17, 15) is 78.0 Å². The Morgan fingerprint density at radius 2 is 0.814 bits per heavy atom. The normalized spacial score (nSPS) is 14.2. The molecule has 1 aromatic heterocycles. The first-order chi connectivity index (χ1) is 40.8. The number of amides is 10. The molecule has 86 heavy (non-hydrogen) atoms. The van der Waals surface area contributed by atoms with Crippen LogP contribution >= 0.6 is 0 Å². The molecule has 0 aliphatic carbocycles. The van der Waals surface area contributed by atoms with Crippen molar-refractivity contribution in [3.05, 3.63) is 95.7 Å². The summed E-state index contributed by atoms with van der Waals surface area (Å²) in [5, 5.41) is 59.5. The predicted octanol–water partition coefficient (Wildman–Crippen LogP) is -3.60. The molecule has 9 atom stereocenters. The monoisotopic (exact) mass is 1200 g/mol. The molecule has 0 unspecified atom stereocenters. The van der Waals surface area contributed by atoms with Gasteiger partial charge in [-0.25, -0.2) is 4.79 Å². The molecule has 466 valence electrons.